The van der Waals surface area contributed by atoms with Crippen LogP contribution in [-0.4, -0.2) is 44.8 Å². The fraction of sp³-hybridized carbons (Fsp3) is 0.476. The lowest BCUT2D eigenvalue weighted by Crippen LogP contribution is -2.37. The summed E-state index contributed by atoms with van der Waals surface area (Å²) in [5.41, 5.74) is 1.11. The van der Waals surface area contributed by atoms with Crippen molar-refractivity contribution in [3.8, 4) is 5.75 Å². The number of carbonyl (C=O) groups excluding carboxylic acids is 1. The van der Waals surface area contributed by atoms with Gasteiger partial charge < -0.3 is 19.7 Å². The van der Waals surface area contributed by atoms with Gasteiger partial charge in [0.25, 0.3) is 0 Å². The van der Waals surface area contributed by atoms with Crippen LogP contribution in [0.5, 0.6) is 5.75 Å². The van der Waals surface area contributed by atoms with Gasteiger partial charge in [0.1, 0.15) is 5.75 Å². The quantitative estimate of drug-likeness (QED) is 0.768. The molecule has 1 heterocycles. The Morgan fingerprint density at radius 3 is 2.81 bits per heavy atom. The predicted molar refractivity (Wildman–Crippen MR) is 104 cm³/mol. The van der Waals surface area contributed by atoms with Crippen LogP contribution in [0, 0.1) is 5.92 Å². The summed E-state index contributed by atoms with van der Waals surface area (Å²) in [5.74, 6) is 1.52. The minimum absolute atomic E-state index is 0.0347. The number of nitrogens with zero attached hydrogens (tertiary/aromatic N) is 1. The van der Waals surface area contributed by atoms with Crippen LogP contribution in [0.1, 0.15) is 24.8 Å². The first-order valence-electron chi connectivity index (χ1n) is 9.30. The molecule has 0 bridgehead atoms. The zero-order valence-electron chi connectivity index (χ0n) is 15.7. The van der Waals surface area contributed by atoms with E-state index in [9.17, 15) is 4.79 Å². The van der Waals surface area contributed by atoms with Crippen molar-refractivity contribution < 1.29 is 14.3 Å². The van der Waals surface area contributed by atoms with Gasteiger partial charge in [0.2, 0.25) is 0 Å². The maximum atomic E-state index is 12.4. The number of urea groups is 1. The molecule has 140 valence electrons. The standard InChI is InChI=1S/C21H28N2O3/c1-23(21(24)22-12-5-6-16-11-13-26-15-16)14-17-9-10-20(25-2)19-8-4-3-7-18(17)19/h3-4,7-10,16H,5-6,11-15H2,1-2H3,(H,22,24)/t16-/m0/s1. The Morgan fingerprint density at radius 1 is 1.27 bits per heavy atom. The van der Waals surface area contributed by atoms with E-state index in [2.05, 4.69) is 11.4 Å². The fourth-order valence-corrected chi connectivity index (χ4v) is 3.51. The summed E-state index contributed by atoms with van der Waals surface area (Å²) in [5, 5.41) is 5.21. The summed E-state index contributed by atoms with van der Waals surface area (Å²) in [6.07, 6.45) is 3.27. The highest BCUT2D eigenvalue weighted by Gasteiger charge is 2.16. The topological polar surface area (TPSA) is 50.8 Å². The molecule has 1 atom stereocenters. The third kappa shape index (κ3) is 4.47. The van der Waals surface area contributed by atoms with Gasteiger partial charge in [0, 0.05) is 38.7 Å². The Kier molecular flexibility index (Phi) is 6.34. The van der Waals surface area contributed by atoms with Gasteiger partial charge in [-0.3, -0.25) is 0 Å². The Balaban J connectivity index is 1.54. The highest BCUT2D eigenvalue weighted by Crippen LogP contribution is 2.28. The van der Waals surface area contributed by atoms with E-state index in [0.29, 0.717) is 19.0 Å². The van der Waals surface area contributed by atoms with Crippen molar-refractivity contribution in [3.63, 3.8) is 0 Å². The van der Waals surface area contributed by atoms with Crippen LogP contribution < -0.4 is 10.1 Å². The molecule has 0 aliphatic carbocycles. The molecule has 1 fully saturated rings. The van der Waals surface area contributed by atoms with Crippen LogP contribution in [-0.2, 0) is 11.3 Å². The number of rotatable bonds is 7. The van der Waals surface area contributed by atoms with E-state index in [4.69, 9.17) is 9.47 Å². The lowest BCUT2D eigenvalue weighted by molar-refractivity contribution is 0.183. The van der Waals surface area contributed by atoms with Crippen LogP contribution in [0.3, 0.4) is 0 Å². The van der Waals surface area contributed by atoms with E-state index >= 15 is 0 Å². The van der Waals surface area contributed by atoms with Gasteiger partial charge in [-0.2, -0.15) is 0 Å². The summed E-state index contributed by atoms with van der Waals surface area (Å²) in [4.78, 5) is 14.1. The van der Waals surface area contributed by atoms with E-state index in [-0.39, 0.29) is 6.03 Å². The number of hydrogen-bond acceptors (Lipinski definition) is 3. The highest BCUT2D eigenvalue weighted by molar-refractivity contribution is 5.91. The van der Waals surface area contributed by atoms with Crippen molar-refractivity contribution in [2.45, 2.75) is 25.8 Å². The molecule has 0 unspecified atom stereocenters. The SMILES string of the molecule is COc1ccc(CN(C)C(=O)NCCC[C@H]2CCOC2)c2ccccc12. The number of ether oxygens (including phenoxy) is 2. The van der Waals surface area contributed by atoms with Crippen LogP contribution in [0.25, 0.3) is 10.8 Å². The van der Waals surface area contributed by atoms with Gasteiger partial charge >= 0.3 is 6.03 Å². The van der Waals surface area contributed by atoms with E-state index < -0.39 is 0 Å². The maximum absolute atomic E-state index is 12.4. The Hall–Kier alpha value is -2.27. The molecule has 2 amide bonds. The van der Waals surface area contributed by atoms with E-state index in [1.807, 2.05) is 37.4 Å². The van der Waals surface area contributed by atoms with Crippen molar-refractivity contribution in [3.05, 3.63) is 42.0 Å². The number of methoxy groups -OCH3 is 1. The minimum Gasteiger partial charge on any atom is -0.496 e. The normalized spacial score (nSPS) is 16.6. The maximum Gasteiger partial charge on any atom is 0.317 e. The molecule has 5 heteroatoms. The molecular formula is C21H28N2O3. The van der Waals surface area contributed by atoms with Crippen LogP contribution in [0.2, 0.25) is 0 Å². The van der Waals surface area contributed by atoms with Crippen molar-refractivity contribution in [1.82, 2.24) is 10.2 Å². The molecule has 1 N–H and O–H groups in total. The van der Waals surface area contributed by atoms with E-state index in [1.54, 1.807) is 12.0 Å². The summed E-state index contributed by atoms with van der Waals surface area (Å²) < 4.78 is 10.8. The van der Waals surface area contributed by atoms with Crippen LogP contribution in [0.15, 0.2) is 36.4 Å². The largest absolute Gasteiger partial charge is 0.496 e. The summed E-state index contributed by atoms with van der Waals surface area (Å²) >= 11 is 0. The molecule has 2 aromatic rings. The lowest BCUT2D eigenvalue weighted by atomic mass is 10.0. The Morgan fingerprint density at radius 2 is 2.08 bits per heavy atom. The number of hydrogen-bond donors (Lipinski definition) is 1. The molecular weight excluding hydrogens is 328 g/mol. The minimum atomic E-state index is -0.0347. The molecule has 2 aromatic carbocycles. The second-order valence-corrected chi connectivity index (χ2v) is 6.93. The highest BCUT2D eigenvalue weighted by atomic mass is 16.5. The number of amides is 2. The Bertz CT molecular complexity index is 741. The molecule has 1 saturated heterocycles. The molecule has 0 radical (unpaired) electrons. The van der Waals surface area contributed by atoms with Gasteiger partial charge in [-0.05, 0) is 42.2 Å². The van der Waals surface area contributed by atoms with Crippen molar-refractivity contribution in [1.29, 1.82) is 0 Å². The molecule has 0 spiro atoms. The third-order valence-corrected chi connectivity index (χ3v) is 5.04. The number of nitrogens with one attached hydrogen (secondary N) is 1. The average Bonchev–Trinajstić information content (AvgIpc) is 3.18. The van der Waals surface area contributed by atoms with Gasteiger partial charge in [-0.1, -0.05) is 30.3 Å². The Labute approximate surface area is 155 Å². The van der Waals surface area contributed by atoms with Gasteiger partial charge in [-0.15, -0.1) is 0 Å². The molecule has 1 aliphatic rings. The first-order valence-corrected chi connectivity index (χ1v) is 9.30. The number of benzene rings is 2. The number of carbonyl (C=O) groups is 1. The predicted octanol–water partition coefficient (Wildman–Crippen LogP) is 3.81. The summed E-state index contributed by atoms with van der Waals surface area (Å²) in [6, 6.07) is 12.1. The van der Waals surface area contributed by atoms with E-state index in [0.717, 1.165) is 54.6 Å². The van der Waals surface area contributed by atoms with Crippen LogP contribution in [0.4, 0.5) is 4.79 Å². The van der Waals surface area contributed by atoms with Crippen molar-refractivity contribution in [2.24, 2.45) is 5.92 Å². The first-order chi connectivity index (χ1) is 12.7. The van der Waals surface area contributed by atoms with E-state index in [1.165, 1.54) is 0 Å². The molecule has 26 heavy (non-hydrogen) atoms. The average molecular weight is 356 g/mol. The van der Waals surface area contributed by atoms with Gasteiger partial charge in [0.05, 0.1) is 7.11 Å². The smallest absolute Gasteiger partial charge is 0.317 e. The summed E-state index contributed by atoms with van der Waals surface area (Å²) in [7, 11) is 3.51. The second-order valence-electron chi connectivity index (χ2n) is 6.93. The number of fused-ring (bicyclic) bond motifs is 1. The molecule has 5 nitrogen and oxygen atoms in total. The lowest BCUT2D eigenvalue weighted by Gasteiger charge is -2.20. The first kappa shape index (κ1) is 18.5. The van der Waals surface area contributed by atoms with Crippen LogP contribution >= 0.6 is 0 Å². The molecule has 3 rings (SSSR count). The zero-order chi connectivity index (χ0) is 18.4. The molecule has 0 aromatic heterocycles. The monoisotopic (exact) mass is 356 g/mol. The summed E-state index contributed by atoms with van der Waals surface area (Å²) in [6.45, 7) is 3.03. The van der Waals surface area contributed by atoms with Crippen molar-refractivity contribution in [2.75, 3.05) is 33.9 Å². The van der Waals surface area contributed by atoms with Gasteiger partial charge in [0.15, 0.2) is 0 Å². The fourth-order valence-electron chi connectivity index (χ4n) is 3.51. The van der Waals surface area contributed by atoms with Gasteiger partial charge in [-0.25, -0.2) is 4.79 Å². The second kappa shape index (κ2) is 8.90. The van der Waals surface area contributed by atoms with Crippen molar-refractivity contribution >= 4 is 16.8 Å². The molecule has 0 saturated carbocycles. The third-order valence-electron chi connectivity index (χ3n) is 5.04. The molecule has 1 aliphatic heterocycles. The zero-order valence-corrected chi connectivity index (χ0v) is 15.7.